The zero-order chi connectivity index (χ0) is 14.7. The Kier molecular flexibility index (Phi) is 4.01. The average Bonchev–Trinajstić information content (AvgIpc) is 2.97. The third-order valence-electron chi connectivity index (χ3n) is 3.79. The predicted molar refractivity (Wildman–Crippen MR) is 76.3 cm³/mol. The number of β-amino-alcohol motifs (C(OH)–C–C–N with tert-alkyl or cyclic N) is 1. The summed E-state index contributed by atoms with van der Waals surface area (Å²) < 4.78 is 5.35. The van der Waals surface area contributed by atoms with Crippen LogP contribution < -0.4 is 0 Å². The van der Waals surface area contributed by atoms with E-state index in [1.807, 2.05) is 24.3 Å². The lowest BCUT2D eigenvalue weighted by Crippen LogP contribution is -2.49. The van der Waals surface area contributed by atoms with E-state index in [1.165, 1.54) is 0 Å². The van der Waals surface area contributed by atoms with Crippen LogP contribution in [0.5, 0.6) is 0 Å². The Morgan fingerprint density at radius 1 is 1.33 bits per heavy atom. The third-order valence-corrected chi connectivity index (χ3v) is 3.79. The minimum absolute atomic E-state index is 0.209. The lowest BCUT2D eigenvalue weighted by molar-refractivity contribution is -0.0699. The number of piperidine rings is 1. The first kappa shape index (κ1) is 14.2. The molecule has 1 aliphatic rings. The summed E-state index contributed by atoms with van der Waals surface area (Å²) >= 11 is 0. The van der Waals surface area contributed by atoms with E-state index in [4.69, 9.17) is 4.52 Å². The van der Waals surface area contributed by atoms with Gasteiger partial charge >= 0.3 is 0 Å². The number of aromatic nitrogens is 2. The van der Waals surface area contributed by atoms with Gasteiger partial charge in [0.2, 0.25) is 0 Å². The highest BCUT2D eigenvalue weighted by atomic mass is 16.5. The lowest BCUT2D eigenvalue weighted by atomic mass is 9.94. The minimum atomic E-state index is -0.998. The van der Waals surface area contributed by atoms with Crippen molar-refractivity contribution in [1.82, 2.24) is 15.0 Å². The van der Waals surface area contributed by atoms with Gasteiger partial charge in [0.15, 0.2) is 5.76 Å². The van der Waals surface area contributed by atoms with E-state index in [9.17, 15) is 10.2 Å². The van der Waals surface area contributed by atoms with Crippen molar-refractivity contribution in [3.63, 3.8) is 0 Å². The summed E-state index contributed by atoms with van der Waals surface area (Å²) in [5.41, 5.74) is 0.486. The molecule has 0 aliphatic carbocycles. The second-order valence-corrected chi connectivity index (χ2v) is 5.59. The fourth-order valence-electron chi connectivity index (χ4n) is 2.71. The van der Waals surface area contributed by atoms with E-state index in [0.29, 0.717) is 25.2 Å². The number of hydrogen-bond acceptors (Lipinski definition) is 6. The zero-order valence-electron chi connectivity index (χ0n) is 11.8. The van der Waals surface area contributed by atoms with Crippen molar-refractivity contribution in [3.8, 4) is 11.4 Å². The molecule has 21 heavy (non-hydrogen) atoms. The summed E-state index contributed by atoms with van der Waals surface area (Å²) in [6.45, 7) is 1.69. The maximum Gasteiger partial charge on any atom is 0.151 e. The van der Waals surface area contributed by atoms with Crippen LogP contribution in [0.1, 0.15) is 18.6 Å². The van der Waals surface area contributed by atoms with Gasteiger partial charge in [-0.1, -0.05) is 11.2 Å². The average molecular weight is 289 g/mol. The molecule has 3 heterocycles. The normalized spacial score (nSPS) is 23.3. The first-order valence-corrected chi connectivity index (χ1v) is 7.11. The molecule has 1 aliphatic heterocycles. The molecule has 0 saturated carbocycles. The zero-order valence-corrected chi connectivity index (χ0v) is 11.8. The van der Waals surface area contributed by atoms with E-state index in [2.05, 4.69) is 15.0 Å². The molecule has 0 bridgehead atoms. The van der Waals surface area contributed by atoms with Crippen LogP contribution in [0, 0.1) is 0 Å². The van der Waals surface area contributed by atoms with E-state index < -0.39 is 5.60 Å². The maximum atomic E-state index is 10.2. The van der Waals surface area contributed by atoms with Crippen LogP contribution in [-0.4, -0.2) is 50.6 Å². The monoisotopic (exact) mass is 289 g/mol. The fourth-order valence-corrected chi connectivity index (χ4v) is 2.71. The Balaban J connectivity index is 1.67. The molecular formula is C15H19N3O3. The van der Waals surface area contributed by atoms with Gasteiger partial charge in [-0.3, -0.25) is 9.88 Å². The summed E-state index contributed by atoms with van der Waals surface area (Å²) in [6, 6.07) is 7.51. The first-order valence-electron chi connectivity index (χ1n) is 7.11. The number of rotatable bonds is 4. The van der Waals surface area contributed by atoms with Gasteiger partial charge in [-0.05, 0) is 31.5 Å². The standard InChI is InChI=1S/C15H19N3O3/c19-11-15(20)5-3-7-18(10-15)9-12-8-14(17-21-12)13-4-1-2-6-16-13/h1-2,4,6,8,19-20H,3,5,7,9-11H2. The first-order chi connectivity index (χ1) is 10.2. The van der Waals surface area contributed by atoms with Crippen LogP contribution >= 0.6 is 0 Å². The highest BCUT2D eigenvalue weighted by molar-refractivity contribution is 5.52. The molecule has 0 radical (unpaired) electrons. The summed E-state index contributed by atoms with van der Waals surface area (Å²) in [7, 11) is 0. The van der Waals surface area contributed by atoms with Crippen LogP contribution in [0.3, 0.4) is 0 Å². The minimum Gasteiger partial charge on any atom is -0.393 e. The van der Waals surface area contributed by atoms with Gasteiger partial charge in [-0.25, -0.2) is 0 Å². The van der Waals surface area contributed by atoms with Gasteiger partial charge in [0, 0.05) is 18.8 Å². The summed E-state index contributed by atoms with van der Waals surface area (Å²) in [6.07, 6.45) is 3.21. The number of nitrogens with zero attached hydrogens (tertiary/aromatic N) is 3. The van der Waals surface area contributed by atoms with E-state index in [-0.39, 0.29) is 6.61 Å². The van der Waals surface area contributed by atoms with Crippen molar-refractivity contribution >= 4 is 0 Å². The Labute approximate surface area is 123 Å². The molecule has 1 atom stereocenters. The quantitative estimate of drug-likeness (QED) is 0.875. The highest BCUT2D eigenvalue weighted by Crippen LogP contribution is 2.23. The Morgan fingerprint density at radius 3 is 3.00 bits per heavy atom. The van der Waals surface area contributed by atoms with Gasteiger partial charge in [0.05, 0.1) is 18.8 Å². The molecule has 112 valence electrons. The predicted octanol–water partition coefficient (Wildman–Crippen LogP) is 1.06. The molecule has 1 saturated heterocycles. The molecule has 0 aromatic carbocycles. The van der Waals surface area contributed by atoms with Gasteiger partial charge in [-0.2, -0.15) is 0 Å². The van der Waals surface area contributed by atoms with E-state index in [0.717, 1.165) is 24.4 Å². The molecule has 0 spiro atoms. The molecule has 6 heteroatoms. The van der Waals surface area contributed by atoms with Crippen molar-refractivity contribution in [2.24, 2.45) is 0 Å². The molecule has 2 N–H and O–H groups in total. The number of likely N-dealkylation sites (tertiary alicyclic amines) is 1. The molecule has 0 amide bonds. The second kappa shape index (κ2) is 5.93. The SMILES string of the molecule is OCC1(O)CCCN(Cc2cc(-c3ccccn3)no2)C1. The van der Waals surface area contributed by atoms with Gasteiger partial charge in [0.25, 0.3) is 0 Å². The van der Waals surface area contributed by atoms with Gasteiger partial charge in [0.1, 0.15) is 11.3 Å². The molecule has 1 unspecified atom stereocenters. The second-order valence-electron chi connectivity index (χ2n) is 5.59. The van der Waals surface area contributed by atoms with Crippen molar-refractivity contribution in [2.75, 3.05) is 19.7 Å². The van der Waals surface area contributed by atoms with Crippen LogP contribution in [0.15, 0.2) is 35.0 Å². The van der Waals surface area contributed by atoms with Crippen LogP contribution in [0.2, 0.25) is 0 Å². The van der Waals surface area contributed by atoms with Crippen molar-refractivity contribution in [3.05, 3.63) is 36.2 Å². The molecular weight excluding hydrogens is 270 g/mol. The fraction of sp³-hybridized carbons (Fsp3) is 0.467. The van der Waals surface area contributed by atoms with Crippen molar-refractivity contribution < 1.29 is 14.7 Å². The van der Waals surface area contributed by atoms with E-state index in [1.54, 1.807) is 6.20 Å². The molecule has 3 rings (SSSR count). The Hall–Kier alpha value is -1.76. The molecule has 1 fully saturated rings. The van der Waals surface area contributed by atoms with Gasteiger partial charge in [-0.15, -0.1) is 0 Å². The smallest absolute Gasteiger partial charge is 0.151 e. The Morgan fingerprint density at radius 2 is 2.24 bits per heavy atom. The Bertz CT molecular complexity index is 587. The summed E-state index contributed by atoms with van der Waals surface area (Å²) in [5.74, 6) is 0.734. The summed E-state index contributed by atoms with van der Waals surface area (Å²) in [5, 5.41) is 23.5. The molecule has 2 aromatic heterocycles. The lowest BCUT2D eigenvalue weighted by Gasteiger charge is -2.37. The molecule has 6 nitrogen and oxygen atoms in total. The third kappa shape index (κ3) is 3.29. The molecule has 2 aromatic rings. The number of hydrogen-bond donors (Lipinski definition) is 2. The highest BCUT2D eigenvalue weighted by Gasteiger charge is 2.32. The largest absolute Gasteiger partial charge is 0.393 e. The number of aliphatic hydroxyl groups excluding tert-OH is 1. The topological polar surface area (TPSA) is 82.6 Å². The number of aliphatic hydroxyl groups is 2. The van der Waals surface area contributed by atoms with Crippen LogP contribution in [-0.2, 0) is 6.54 Å². The van der Waals surface area contributed by atoms with Crippen LogP contribution in [0.4, 0.5) is 0 Å². The van der Waals surface area contributed by atoms with Crippen LogP contribution in [0.25, 0.3) is 11.4 Å². The van der Waals surface area contributed by atoms with Crippen molar-refractivity contribution in [1.29, 1.82) is 0 Å². The van der Waals surface area contributed by atoms with Crippen molar-refractivity contribution in [2.45, 2.75) is 25.0 Å². The van der Waals surface area contributed by atoms with E-state index >= 15 is 0 Å². The number of pyridine rings is 1. The maximum absolute atomic E-state index is 10.2. The van der Waals surface area contributed by atoms with Gasteiger partial charge < -0.3 is 14.7 Å². The summed E-state index contributed by atoms with van der Waals surface area (Å²) in [4.78, 5) is 6.31.